The highest BCUT2D eigenvalue weighted by Crippen LogP contribution is 2.25. The summed E-state index contributed by atoms with van der Waals surface area (Å²) < 4.78 is 0. The summed E-state index contributed by atoms with van der Waals surface area (Å²) in [7, 11) is 0. The minimum Gasteiger partial charge on any atom is -0.383 e. The van der Waals surface area contributed by atoms with E-state index in [-0.39, 0.29) is 0 Å². The van der Waals surface area contributed by atoms with E-state index in [0.717, 1.165) is 16.6 Å². The Balaban J connectivity index is 2.02. The molecule has 0 radical (unpaired) electrons. The van der Waals surface area contributed by atoms with Crippen LogP contribution in [0.2, 0.25) is 0 Å². The van der Waals surface area contributed by atoms with Crippen molar-refractivity contribution in [2.24, 2.45) is 0 Å². The van der Waals surface area contributed by atoms with Gasteiger partial charge in [0.15, 0.2) is 0 Å². The smallest absolute Gasteiger partial charge is 0.139 e. The van der Waals surface area contributed by atoms with Crippen LogP contribution in [0.1, 0.15) is 11.4 Å². The molecule has 3 nitrogen and oxygen atoms in total. The Bertz CT molecular complexity index is 436. The number of aromatic nitrogens is 2. The van der Waals surface area contributed by atoms with Crippen molar-refractivity contribution >= 4 is 17.6 Å². The number of thioether (sulfide) groups is 1. The van der Waals surface area contributed by atoms with Crippen LogP contribution in [-0.2, 0) is 5.75 Å². The van der Waals surface area contributed by atoms with E-state index in [9.17, 15) is 0 Å². The SMILES string of the molecule is Cc1nc(SCc2ccccc2)c(N)[nH]1. The highest BCUT2D eigenvalue weighted by Gasteiger charge is 2.05. The molecule has 1 aromatic carbocycles. The molecule has 1 heterocycles. The molecular weight excluding hydrogens is 206 g/mol. The zero-order valence-electron chi connectivity index (χ0n) is 8.53. The zero-order chi connectivity index (χ0) is 10.7. The van der Waals surface area contributed by atoms with Crippen LogP contribution in [0.5, 0.6) is 0 Å². The van der Waals surface area contributed by atoms with E-state index in [1.165, 1.54) is 5.56 Å². The first-order valence-corrected chi connectivity index (χ1v) is 5.73. The van der Waals surface area contributed by atoms with E-state index in [0.29, 0.717) is 5.82 Å². The van der Waals surface area contributed by atoms with Crippen LogP contribution >= 0.6 is 11.8 Å². The molecule has 0 atom stereocenters. The van der Waals surface area contributed by atoms with E-state index >= 15 is 0 Å². The molecule has 1 aromatic heterocycles. The molecule has 0 unspecified atom stereocenters. The summed E-state index contributed by atoms with van der Waals surface area (Å²) in [6.45, 7) is 1.91. The molecule has 0 aliphatic carbocycles. The van der Waals surface area contributed by atoms with Crippen molar-refractivity contribution in [3.63, 3.8) is 0 Å². The Labute approximate surface area is 93.1 Å². The molecule has 0 saturated heterocycles. The monoisotopic (exact) mass is 219 g/mol. The largest absolute Gasteiger partial charge is 0.383 e. The number of rotatable bonds is 3. The number of aromatic amines is 1. The third-order valence-corrected chi connectivity index (χ3v) is 3.10. The lowest BCUT2D eigenvalue weighted by Crippen LogP contribution is -1.87. The first-order chi connectivity index (χ1) is 7.25. The molecule has 0 saturated carbocycles. The summed E-state index contributed by atoms with van der Waals surface area (Å²) in [5.41, 5.74) is 7.05. The lowest BCUT2D eigenvalue weighted by molar-refractivity contribution is 1.10. The first kappa shape index (κ1) is 10.1. The molecule has 0 fully saturated rings. The number of aryl methyl sites for hydroxylation is 1. The van der Waals surface area contributed by atoms with Crippen LogP contribution in [0.15, 0.2) is 35.4 Å². The van der Waals surface area contributed by atoms with Crippen molar-refractivity contribution in [1.82, 2.24) is 9.97 Å². The molecule has 2 rings (SSSR count). The van der Waals surface area contributed by atoms with Gasteiger partial charge in [-0.1, -0.05) is 42.1 Å². The van der Waals surface area contributed by atoms with Crippen LogP contribution in [-0.4, -0.2) is 9.97 Å². The second kappa shape index (κ2) is 4.40. The normalized spacial score (nSPS) is 10.5. The maximum absolute atomic E-state index is 5.77. The highest BCUT2D eigenvalue weighted by molar-refractivity contribution is 7.98. The van der Waals surface area contributed by atoms with Gasteiger partial charge in [0.2, 0.25) is 0 Å². The van der Waals surface area contributed by atoms with Crippen molar-refractivity contribution in [3.05, 3.63) is 41.7 Å². The van der Waals surface area contributed by atoms with E-state index in [4.69, 9.17) is 5.73 Å². The number of nitrogens with zero attached hydrogens (tertiary/aromatic N) is 1. The zero-order valence-corrected chi connectivity index (χ0v) is 9.34. The van der Waals surface area contributed by atoms with E-state index in [2.05, 4.69) is 22.1 Å². The van der Waals surface area contributed by atoms with Gasteiger partial charge >= 0.3 is 0 Å². The number of nitrogen functional groups attached to an aromatic ring is 1. The number of nitrogens with two attached hydrogens (primary N) is 1. The van der Waals surface area contributed by atoms with Crippen molar-refractivity contribution in [3.8, 4) is 0 Å². The Morgan fingerprint density at radius 3 is 2.67 bits per heavy atom. The summed E-state index contributed by atoms with van der Waals surface area (Å²) in [6, 6.07) is 10.3. The van der Waals surface area contributed by atoms with Gasteiger partial charge in [-0.05, 0) is 12.5 Å². The fourth-order valence-electron chi connectivity index (χ4n) is 1.32. The third kappa shape index (κ3) is 2.53. The fraction of sp³-hybridized carbons (Fsp3) is 0.182. The Hall–Kier alpha value is -1.42. The lowest BCUT2D eigenvalue weighted by atomic mass is 10.2. The molecule has 4 heteroatoms. The molecule has 78 valence electrons. The topological polar surface area (TPSA) is 54.7 Å². The molecule has 0 aliphatic heterocycles. The minimum atomic E-state index is 0.661. The van der Waals surface area contributed by atoms with Crippen LogP contribution in [0, 0.1) is 6.92 Å². The first-order valence-electron chi connectivity index (χ1n) is 4.74. The molecule has 0 spiro atoms. The minimum absolute atomic E-state index is 0.661. The number of anilines is 1. The number of nitrogens with one attached hydrogen (secondary N) is 1. The number of benzene rings is 1. The molecule has 15 heavy (non-hydrogen) atoms. The predicted octanol–water partition coefficient (Wildman–Crippen LogP) is 2.59. The second-order valence-electron chi connectivity index (χ2n) is 3.32. The Kier molecular flexibility index (Phi) is 2.97. The van der Waals surface area contributed by atoms with Gasteiger partial charge in [0.05, 0.1) is 0 Å². The molecule has 2 aromatic rings. The van der Waals surface area contributed by atoms with E-state index in [1.54, 1.807) is 11.8 Å². The summed E-state index contributed by atoms with van der Waals surface area (Å²) in [4.78, 5) is 7.30. The molecule has 0 amide bonds. The maximum Gasteiger partial charge on any atom is 0.139 e. The molecular formula is C11H13N3S. The van der Waals surface area contributed by atoms with Crippen LogP contribution in [0.25, 0.3) is 0 Å². The summed E-state index contributed by atoms with van der Waals surface area (Å²) in [6.07, 6.45) is 0. The summed E-state index contributed by atoms with van der Waals surface area (Å²) >= 11 is 1.65. The van der Waals surface area contributed by atoms with Crippen molar-refractivity contribution < 1.29 is 0 Å². The molecule has 3 N–H and O–H groups in total. The van der Waals surface area contributed by atoms with Crippen LogP contribution in [0.3, 0.4) is 0 Å². The quantitative estimate of drug-likeness (QED) is 0.780. The highest BCUT2D eigenvalue weighted by atomic mass is 32.2. The second-order valence-corrected chi connectivity index (χ2v) is 4.28. The van der Waals surface area contributed by atoms with Gasteiger partial charge in [0.25, 0.3) is 0 Å². The van der Waals surface area contributed by atoms with Crippen molar-refractivity contribution in [2.75, 3.05) is 5.73 Å². The molecule has 0 aliphatic rings. The predicted molar refractivity (Wildman–Crippen MR) is 63.7 cm³/mol. The summed E-state index contributed by atoms with van der Waals surface area (Å²) in [5, 5.41) is 0.886. The van der Waals surface area contributed by atoms with Gasteiger partial charge in [0, 0.05) is 5.75 Å². The Morgan fingerprint density at radius 1 is 1.33 bits per heavy atom. The Morgan fingerprint density at radius 2 is 2.07 bits per heavy atom. The van der Waals surface area contributed by atoms with Gasteiger partial charge in [-0.25, -0.2) is 4.98 Å². The maximum atomic E-state index is 5.77. The summed E-state index contributed by atoms with van der Waals surface area (Å²) in [5.74, 6) is 2.42. The average molecular weight is 219 g/mol. The van der Waals surface area contributed by atoms with Gasteiger partial charge < -0.3 is 10.7 Å². The van der Waals surface area contributed by atoms with Gasteiger partial charge in [0.1, 0.15) is 16.7 Å². The van der Waals surface area contributed by atoms with Gasteiger partial charge in [-0.2, -0.15) is 0 Å². The standard InChI is InChI=1S/C11H13N3S/c1-8-13-10(12)11(14-8)15-7-9-5-3-2-4-6-9/h2-6H,7,12H2,1H3,(H,13,14). The van der Waals surface area contributed by atoms with Crippen LogP contribution < -0.4 is 5.73 Å². The van der Waals surface area contributed by atoms with Gasteiger partial charge in [-0.15, -0.1) is 0 Å². The van der Waals surface area contributed by atoms with Gasteiger partial charge in [-0.3, -0.25) is 0 Å². The van der Waals surface area contributed by atoms with Crippen LogP contribution in [0.4, 0.5) is 5.82 Å². The van der Waals surface area contributed by atoms with E-state index < -0.39 is 0 Å². The number of hydrogen-bond acceptors (Lipinski definition) is 3. The number of hydrogen-bond donors (Lipinski definition) is 2. The number of H-pyrrole nitrogens is 1. The van der Waals surface area contributed by atoms with Crippen molar-refractivity contribution in [2.45, 2.75) is 17.7 Å². The average Bonchev–Trinajstić information content (AvgIpc) is 2.56. The third-order valence-electron chi connectivity index (χ3n) is 2.03. The fourth-order valence-corrected chi connectivity index (χ4v) is 2.23. The lowest BCUT2D eigenvalue weighted by Gasteiger charge is -1.99. The van der Waals surface area contributed by atoms with E-state index in [1.807, 2.05) is 25.1 Å². The van der Waals surface area contributed by atoms with Crippen molar-refractivity contribution in [1.29, 1.82) is 0 Å². The number of imidazole rings is 1. The molecule has 0 bridgehead atoms.